The molecular weight excluding hydrogens is 410 g/mol. The number of hydrogen-bond donors (Lipinski definition) is 1. The van der Waals surface area contributed by atoms with Crippen LogP contribution in [0.3, 0.4) is 0 Å². The first-order valence-electron chi connectivity index (χ1n) is 11.1. The molecule has 0 unspecified atom stereocenters. The van der Waals surface area contributed by atoms with Gasteiger partial charge in [-0.3, -0.25) is 19.1 Å². The molecule has 3 aliphatic heterocycles. The molecule has 5 heterocycles. The zero-order valence-corrected chi connectivity index (χ0v) is 18.4. The van der Waals surface area contributed by atoms with Crippen LogP contribution in [-0.4, -0.2) is 66.9 Å². The predicted molar refractivity (Wildman–Crippen MR) is 115 cm³/mol. The Kier molecular flexibility index (Phi) is 4.94. The molecule has 0 aliphatic carbocycles. The SMILES string of the molecule is CC(C)NC(=O)N1CC[C@]2(CCn3c2nc2c(c3=O)CN(C(=O)c3cnccn3)CC2)C1. The minimum Gasteiger partial charge on any atom is -0.336 e. The smallest absolute Gasteiger partial charge is 0.317 e. The number of carbonyl (C=O) groups excluding carboxylic acids is 2. The second kappa shape index (κ2) is 7.68. The Balaban J connectivity index is 1.41. The van der Waals surface area contributed by atoms with Crippen LogP contribution in [0.15, 0.2) is 23.4 Å². The number of nitrogens with one attached hydrogen (secondary N) is 1. The van der Waals surface area contributed by atoms with E-state index >= 15 is 0 Å². The molecule has 2 aromatic rings. The van der Waals surface area contributed by atoms with E-state index < -0.39 is 0 Å². The first-order chi connectivity index (χ1) is 15.4. The van der Waals surface area contributed by atoms with E-state index in [0.29, 0.717) is 38.2 Å². The molecule has 0 radical (unpaired) electrons. The van der Waals surface area contributed by atoms with E-state index in [9.17, 15) is 14.4 Å². The van der Waals surface area contributed by atoms with Crippen molar-refractivity contribution in [2.45, 2.75) is 57.7 Å². The minimum absolute atomic E-state index is 0.0613. The van der Waals surface area contributed by atoms with Crippen LogP contribution in [-0.2, 0) is 24.9 Å². The minimum atomic E-state index is -0.269. The van der Waals surface area contributed by atoms with Gasteiger partial charge in [-0.25, -0.2) is 14.8 Å². The Morgan fingerprint density at radius 3 is 2.69 bits per heavy atom. The van der Waals surface area contributed by atoms with E-state index in [1.807, 2.05) is 18.7 Å². The quantitative estimate of drug-likeness (QED) is 0.740. The van der Waals surface area contributed by atoms with E-state index in [0.717, 1.165) is 24.4 Å². The summed E-state index contributed by atoms with van der Waals surface area (Å²) in [5.41, 5.74) is 1.30. The summed E-state index contributed by atoms with van der Waals surface area (Å²) in [5, 5.41) is 2.96. The first kappa shape index (κ1) is 20.6. The molecule has 1 saturated heterocycles. The lowest BCUT2D eigenvalue weighted by molar-refractivity contribution is 0.0725. The van der Waals surface area contributed by atoms with Gasteiger partial charge < -0.3 is 15.1 Å². The highest BCUT2D eigenvalue weighted by Crippen LogP contribution is 2.41. The van der Waals surface area contributed by atoms with Crippen molar-refractivity contribution in [1.29, 1.82) is 0 Å². The molecule has 0 aromatic carbocycles. The third-order valence-electron chi connectivity index (χ3n) is 6.73. The molecule has 10 nitrogen and oxygen atoms in total. The molecule has 5 rings (SSSR count). The number of likely N-dealkylation sites (tertiary alicyclic amines) is 1. The van der Waals surface area contributed by atoms with Crippen LogP contribution < -0.4 is 10.9 Å². The van der Waals surface area contributed by atoms with E-state index in [4.69, 9.17) is 4.98 Å². The van der Waals surface area contributed by atoms with Crippen molar-refractivity contribution >= 4 is 11.9 Å². The van der Waals surface area contributed by atoms with Crippen molar-refractivity contribution < 1.29 is 9.59 Å². The molecule has 32 heavy (non-hydrogen) atoms. The molecule has 1 fully saturated rings. The molecule has 2 aromatic heterocycles. The summed E-state index contributed by atoms with van der Waals surface area (Å²) in [6.07, 6.45) is 6.58. The summed E-state index contributed by atoms with van der Waals surface area (Å²) in [7, 11) is 0. The number of fused-ring (bicyclic) bond motifs is 3. The Morgan fingerprint density at radius 2 is 1.94 bits per heavy atom. The average Bonchev–Trinajstić information content (AvgIpc) is 3.38. The van der Waals surface area contributed by atoms with Gasteiger partial charge in [0.15, 0.2) is 0 Å². The Bertz CT molecular complexity index is 1130. The maximum absolute atomic E-state index is 13.4. The fraction of sp³-hybridized carbons (Fsp3) is 0.545. The molecule has 1 atom stereocenters. The zero-order valence-electron chi connectivity index (χ0n) is 18.4. The number of aromatic nitrogens is 4. The maximum atomic E-state index is 13.4. The predicted octanol–water partition coefficient (Wildman–Crippen LogP) is 0.697. The van der Waals surface area contributed by atoms with Gasteiger partial charge in [-0.1, -0.05) is 0 Å². The molecule has 168 valence electrons. The molecule has 10 heteroatoms. The van der Waals surface area contributed by atoms with Gasteiger partial charge in [-0.15, -0.1) is 0 Å². The van der Waals surface area contributed by atoms with Crippen LogP contribution in [0.1, 0.15) is 54.3 Å². The molecule has 0 saturated carbocycles. The fourth-order valence-electron chi connectivity index (χ4n) is 5.08. The largest absolute Gasteiger partial charge is 0.336 e. The third kappa shape index (κ3) is 3.34. The Morgan fingerprint density at radius 1 is 1.12 bits per heavy atom. The summed E-state index contributed by atoms with van der Waals surface area (Å²) >= 11 is 0. The average molecular weight is 438 g/mol. The molecular formula is C22H27N7O3. The van der Waals surface area contributed by atoms with Gasteiger partial charge in [0.2, 0.25) is 0 Å². The summed E-state index contributed by atoms with van der Waals surface area (Å²) in [5.74, 6) is 0.572. The molecule has 3 aliphatic rings. The normalized spacial score (nSPS) is 21.7. The number of amides is 3. The van der Waals surface area contributed by atoms with Gasteiger partial charge >= 0.3 is 6.03 Å². The second-order valence-corrected chi connectivity index (χ2v) is 9.19. The fourth-order valence-corrected chi connectivity index (χ4v) is 5.08. The first-order valence-corrected chi connectivity index (χ1v) is 11.1. The topological polar surface area (TPSA) is 113 Å². The highest BCUT2D eigenvalue weighted by atomic mass is 16.2. The number of rotatable bonds is 2. The van der Waals surface area contributed by atoms with Crippen LogP contribution in [0, 0.1) is 0 Å². The van der Waals surface area contributed by atoms with Crippen molar-refractivity contribution in [3.63, 3.8) is 0 Å². The lowest BCUT2D eigenvalue weighted by Crippen LogP contribution is -2.44. The second-order valence-electron chi connectivity index (χ2n) is 9.19. The zero-order chi connectivity index (χ0) is 22.5. The highest BCUT2D eigenvalue weighted by Gasteiger charge is 2.48. The number of nitrogens with zero attached hydrogens (tertiary/aromatic N) is 6. The number of hydrogen-bond acceptors (Lipinski definition) is 6. The van der Waals surface area contributed by atoms with Crippen molar-refractivity contribution in [3.8, 4) is 0 Å². The van der Waals surface area contributed by atoms with E-state index in [1.165, 1.54) is 18.6 Å². The number of urea groups is 1. The lowest BCUT2D eigenvalue weighted by Gasteiger charge is -2.29. The summed E-state index contributed by atoms with van der Waals surface area (Å²) < 4.78 is 1.76. The van der Waals surface area contributed by atoms with E-state index in [2.05, 4.69) is 15.3 Å². The molecule has 1 N–H and O–H groups in total. The number of carbonyl (C=O) groups is 2. The lowest BCUT2D eigenvalue weighted by atomic mass is 9.85. The van der Waals surface area contributed by atoms with E-state index in [1.54, 1.807) is 9.47 Å². The van der Waals surface area contributed by atoms with Crippen molar-refractivity contribution in [2.75, 3.05) is 19.6 Å². The van der Waals surface area contributed by atoms with Crippen LogP contribution in [0.5, 0.6) is 0 Å². The van der Waals surface area contributed by atoms with Crippen LogP contribution in [0.2, 0.25) is 0 Å². The maximum Gasteiger partial charge on any atom is 0.317 e. The third-order valence-corrected chi connectivity index (χ3v) is 6.73. The van der Waals surface area contributed by atoms with Crippen LogP contribution >= 0.6 is 0 Å². The summed E-state index contributed by atoms with van der Waals surface area (Å²) in [6.45, 7) is 6.42. The van der Waals surface area contributed by atoms with Crippen molar-refractivity contribution in [2.24, 2.45) is 0 Å². The standard InChI is InChI=1S/C22H27N7O3/c1-14(2)25-21(32)28-9-4-22(13-28)5-10-29-18(30)15-12-27(8-3-16(15)26-20(22)29)19(31)17-11-23-6-7-24-17/h6-7,11,14H,3-5,8-10,12-13H2,1-2H3,(H,25,32)/t22-/m0/s1. The van der Waals surface area contributed by atoms with Gasteiger partial charge in [0.25, 0.3) is 11.5 Å². The van der Waals surface area contributed by atoms with Gasteiger partial charge in [0, 0.05) is 56.5 Å². The van der Waals surface area contributed by atoms with Gasteiger partial charge in [0.1, 0.15) is 11.5 Å². The summed E-state index contributed by atoms with van der Waals surface area (Å²) in [6, 6.07) is 0.0176. The van der Waals surface area contributed by atoms with Crippen molar-refractivity contribution in [1.82, 2.24) is 34.6 Å². The molecule has 1 spiro atoms. The monoisotopic (exact) mass is 437 g/mol. The Hall–Kier alpha value is -3.30. The van der Waals surface area contributed by atoms with Crippen LogP contribution in [0.4, 0.5) is 4.79 Å². The van der Waals surface area contributed by atoms with Crippen LogP contribution in [0.25, 0.3) is 0 Å². The van der Waals surface area contributed by atoms with Gasteiger partial charge in [0.05, 0.1) is 24.0 Å². The summed E-state index contributed by atoms with van der Waals surface area (Å²) in [4.78, 5) is 55.1. The van der Waals surface area contributed by atoms with Gasteiger partial charge in [-0.05, 0) is 26.7 Å². The molecule has 0 bridgehead atoms. The molecule has 3 amide bonds. The van der Waals surface area contributed by atoms with Gasteiger partial charge in [-0.2, -0.15) is 0 Å². The van der Waals surface area contributed by atoms with Crippen molar-refractivity contribution in [3.05, 3.63) is 51.7 Å². The van der Waals surface area contributed by atoms with E-state index in [-0.39, 0.29) is 41.2 Å². The highest BCUT2D eigenvalue weighted by molar-refractivity contribution is 5.92. The Labute approximate surface area is 185 Å².